The van der Waals surface area contributed by atoms with Crippen molar-refractivity contribution >= 4 is 11.8 Å². The first-order chi connectivity index (χ1) is 7.59. The summed E-state index contributed by atoms with van der Waals surface area (Å²) in [7, 11) is 0. The van der Waals surface area contributed by atoms with Crippen molar-refractivity contribution < 1.29 is 4.79 Å². The van der Waals surface area contributed by atoms with Gasteiger partial charge in [0.25, 0.3) is 0 Å². The first-order valence-electron chi connectivity index (χ1n) is 5.15. The number of nitrogens with zero attached hydrogens (tertiary/aromatic N) is 2. The van der Waals surface area contributed by atoms with E-state index in [1.54, 1.807) is 6.20 Å². The van der Waals surface area contributed by atoms with E-state index in [0.29, 0.717) is 30.4 Å². The molecule has 0 bridgehead atoms. The van der Waals surface area contributed by atoms with E-state index in [4.69, 9.17) is 5.73 Å². The fourth-order valence-electron chi connectivity index (χ4n) is 1.04. The summed E-state index contributed by atoms with van der Waals surface area (Å²) in [6, 6.07) is -0.211. The molecule has 2 amide bonds. The van der Waals surface area contributed by atoms with Gasteiger partial charge in [-0.05, 0) is 5.92 Å². The Balaban J connectivity index is 2.35. The van der Waals surface area contributed by atoms with Gasteiger partial charge in [-0.15, -0.1) is 0 Å². The van der Waals surface area contributed by atoms with Gasteiger partial charge in [-0.25, -0.2) is 14.8 Å². The van der Waals surface area contributed by atoms with E-state index in [0.717, 1.165) is 0 Å². The van der Waals surface area contributed by atoms with Gasteiger partial charge in [0, 0.05) is 24.8 Å². The van der Waals surface area contributed by atoms with E-state index < -0.39 is 0 Å². The summed E-state index contributed by atoms with van der Waals surface area (Å²) in [4.78, 5) is 19.0. The molecule has 0 radical (unpaired) electrons. The molecule has 6 heteroatoms. The smallest absolute Gasteiger partial charge is 0.315 e. The van der Waals surface area contributed by atoms with Crippen molar-refractivity contribution in [2.75, 3.05) is 12.3 Å². The van der Waals surface area contributed by atoms with Crippen molar-refractivity contribution in [2.24, 2.45) is 5.92 Å². The van der Waals surface area contributed by atoms with Gasteiger partial charge in [0.15, 0.2) is 0 Å². The van der Waals surface area contributed by atoms with Gasteiger partial charge in [-0.2, -0.15) is 0 Å². The van der Waals surface area contributed by atoms with Crippen molar-refractivity contribution in [1.29, 1.82) is 0 Å². The normalized spacial score (nSPS) is 10.2. The van der Waals surface area contributed by atoms with Gasteiger partial charge in [0.2, 0.25) is 0 Å². The summed E-state index contributed by atoms with van der Waals surface area (Å²) in [5, 5.41) is 5.43. The number of carbonyl (C=O) groups excluding carboxylic acids is 1. The predicted molar refractivity (Wildman–Crippen MR) is 61.5 cm³/mol. The molecule has 0 aliphatic carbocycles. The minimum Gasteiger partial charge on any atom is -0.383 e. The molecule has 88 valence electrons. The van der Waals surface area contributed by atoms with Gasteiger partial charge in [0.1, 0.15) is 12.1 Å². The Labute approximate surface area is 94.7 Å². The van der Waals surface area contributed by atoms with Gasteiger partial charge >= 0.3 is 6.03 Å². The van der Waals surface area contributed by atoms with Crippen LogP contribution in [0.5, 0.6) is 0 Å². The lowest BCUT2D eigenvalue weighted by atomic mass is 10.2. The Morgan fingerprint density at radius 3 is 2.88 bits per heavy atom. The molecule has 0 aliphatic heterocycles. The number of hydrogen-bond donors (Lipinski definition) is 3. The number of nitrogens with two attached hydrogens (primary N) is 1. The fraction of sp³-hybridized carbons (Fsp3) is 0.500. The average molecular weight is 223 g/mol. The molecule has 0 saturated heterocycles. The Morgan fingerprint density at radius 1 is 1.50 bits per heavy atom. The molecule has 0 fully saturated rings. The van der Waals surface area contributed by atoms with Crippen LogP contribution in [0.3, 0.4) is 0 Å². The van der Waals surface area contributed by atoms with Crippen LogP contribution in [0.4, 0.5) is 10.6 Å². The fourth-order valence-corrected chi connectivity index (χ4v) is 1.04. The van der Waals surface area contributed by atoms with Gasteiger partial charge in [-0.1, -0.05) is 13.8 Å². The van der Waals surface area contributed by atoms with Crippen molar-refractivity contribution in [2.45, 2.75) is 20.4 Å². The van der Waals surface area contributed by atoms with Crippen LogP contribution >= 0.6 is 0 Å². The molecule has 1 aromatic heterocycles. The van der Waals surface area contributed by atoms with E-state index in [2.05, 4.69) is 20.6 Å². The third-order valence-corrected chi connectivity index (χ3v) is 1.93. The maximum Gasteiger partial charge on any atom is 0.315 e. The number of aromatic nitrogens is 2. The van der Waals surface area contributed by atoms with E-state index in [1.165, 1.54) is 6.33 Å². The monoisotopic (exact) mass is 223 g/mol. The lowest BCUT2D eigenvalue weighted by molar-refractivity contribution is 0.239. The number of hydrogen-bond acceptors (Lipinski definition) is 4. The SMILES string of the molecule is CC(C)CNC(=O)NCc1cncnc1N. The highest BCUT2D eigenvalue weighted by molar-refractivity contribution is 5.73. The highest BCUT2D eigenvalue weighted by Gasteiger charge is 2.03. The summed E-state index contributed by atoms with van der Waals surface area (Å²) in [6.07, 6.45) is 2.96. The van der Waals surface area contributed by atoms with Crippen LogP contribution in [0.15, 0.2) is 12.5 Å². The van der Waals surface area contributed by atoms with Gasteiger partial charge in [0.05, 0.1) is 0 Å². The van der Waals surface area contributed by atoms with Crippen LogP contribution in [-0.4, -0.2) is 22.5 Å². The number of nitrogens with one attached hydrogen (secondary N) is 2. The van der Waals surface area contributed by atoms with Crippen LogP contribution in [0.1, 0.15) is 19.4 Å². The minimum atomic E-state index is -0.211. The van der Waals surface area contributed by atoms with Crippen LogP contribution < -0.4 is 16.4 Å². The van der Waals surface area contributed by atoms with Gasteiger partial charge in [-0.3, -0.25) is 0 Å². The van der Waals surface area contributed by atoms with Crippen LogP contribution in [0.25, 0.3) is 0 Å². The molecular formula is C10H17N5O. The lowest BCUT2D eigenvalue weighted by Gasteiger charge is -2.09. The summed E-state index contributed by atoms with van der Waals surface area (Å²) in [5.41, 5.74) is 6.32. The van der Waals surface area contributed by atoms with Crippen molar-refractivity contribution in [3.8, 4) is 0 Å². The van der Waals surface area contributed by atoms with E-state index in [-0.39, 0.29) is 6.03 Å². The minimum absolute atomic E-state index is 0.211. The number of anilines is 1. The maximum absolute atomic E-state index is 11.3. The third kappa shape index (κ3) is 4.12. The van der Waals surface area contributed by atoms with Crippen LogP contribution in [-0.2, 0) is 6.54 Å². The first kappa shape index (κ1) is 12.2. The number of urea groups is 1. The van der Waals surface area contributed by atoms with Crippen molar-refractivity contribution in [3.63, 3.8) is 0 Å². The quantitative estimate of drug-likeness (QED) is 0.693. The molecule has 1 rings (SSSR count). The molecule has 6 nitrogen and oxygen atoms in total. The lowest BCUT2D eigenvalue weighted by Crippen LogP contribution is -2.37. The first-order valence-corrected chi connectivity index (χ1v) is 5.15. The molecule has 0 spiro atoms. The van der Waals surface area contributed by atoms with E-state index in [1.807, 2.05) is 13.8 Å². The standard InChI is InChI=1S/C10H17N5O/c1-7(2)3-13-10(16)14-5-8-4-12-6-15-9(8)11/h4,6-7H,3,5H2,1-2H3,(H2,11,12,15)(H2,13,14,16). The van der Waals surface area contributed by atoms with Gasteiger partial charge < -0.3 is 16.4 Å². The Kier molecular flexibility index (Phi) is 4.50. The summed E-state index contributed by atoms with van der Waals surface area (Å²) < 4.78 is 0. The molecular weight excluding hydrogens is 206 g/mol. The zero-order valence-corrected chi connectivity index (χ0v) is 9.53. The zero-order valence-electron chi connectivity index (χ0n) is 9.53. The number of rotatable bonds is 4. The third-order valence-electron chi connectivity index (χ3n) is 1.93. The molecule has 0 atom stereocenters. The maximum atomic E-state index is 11.3. The summed E-state index contributed by atoms with van der Waals surface area (Å²) >= 11 is 0. The number of carbonyl (C=O) groups is 1. The highest BCUT2D eigenvalue weighted by atomic mass is 16.2. The second kappa shape index (κ2) is 5.89. The molecule has 4 N–H and O–H groups in total. The topological polar surface area (TPSA) is 92.9 Å². The Hall–Kier alpha value is -1.85. The Bertz CT molecular complexity index is 353. The van der Waals surface area contributed by atoms with E-state index >= 15 is 0 Å². The highest BCUT2D eigenvalue weighted by Crippen LogP contribution is 2.03. The molecule has 0 aromatic carbocycles. The second-order valence-corrected chi connectivity index (χ2v) is 3.89. The molecule has 0 saturated carbocycles. The summed E-state index contributed by atoms with van der Waals surface area (Å²) in [5.74, 6) is 0.815. The molecule has 0 unspecified atom stereocenters. The van der Waals surface area contributed by atoms with Crippen molar-refractivity contribution in [1.82, 2.24) is 20.6 Å². The second-order valence-electron chi connectivity index (χ2n) is 3.89. The van der Waals surface area contributed by atoms with E-state index in [9.17, 15) is 4.79 Å². The molecule has 0 aliphatic rings. The largest absolute Gasteiger partial charge is 0.383 e. The average Bonchev–Trinajstić information content (AvgIpc) is 2.25. The molecule has 1 aromatic rings. The zero-order chi connectivity index (χ0) is 12.0. The Morgan fingerprint density at radius 2 is 2.25 bits per heavy atom. The number of nitrogen functional groups attached to an aromatic ring is 1. The summed E-state index contributed by atoms with van der Waals surface area (Å²) in [6.45, 7) is 5.04. The predicted octanol–water partition coefficient (Wildman–Crippen LogP) is 0.514. The van der Waals surface area contributed by atoms with Crippen LogP contribution in [0, 0.1) is 5.92 Å². The molecule has 1 heterocycles. The van der Waals surface area contributed by atoms with Crippen LogP contribution in [0.2, 0.25) is 0 Å². The van der Waals surface area contributed by atoms with Crippen molar-refractivity contribution in [3.05, 3.63) is 18.1 Å². The molecule has 16 heavy (non-hydrogen) atoms. The number of amides is 2.